The van der Waals surface area contributed by atoms with E-state index in [0.717, 1.165) is 37.3 Å². The minimum Gasteiger partial charge on any atom is -0.334 e. The lowest BCUT2D eigenvalue weighted by Crippen LogP contribution is -2.39. The van der Waals surface area contributed by atoms with Crippen LogP contribution >= 0.6 is 0 Å². The Kier molecular flexibility index (Phi) is 5.81. The number of hydrogen-bond donors (Lipinski definition) is 1. The van der Waals surface area contributed by atoms with E-state index >= 15 is 0 Å². The van der Waals surface area contributed by atoms with Crippen molar-refractivity contribution in [2.24, 2.45) is 5.92 Å². The molecule has 1 amide bonds. The van der Waals surface area contributed by atoms with Gasteiger partial charge in [-0.15, -0.1) is 0 Å². The van der Waals surface area contributed by atoms with Crippen molar-refractivity contribution >= 4 is 17.5 Å². The van der Waals surface area contributed by atoms with Gasteiger partial charge in [0.15, 0.2) is 0 Å². The van der Waals surface area contributed by atoms with Crippen LogP contribution in [0.1, 0.15) is 57.1 Å². The van der Waals surface area contributed by atoms with Gasteiger partial charge in [0.1, 0.15) is 17.5 Å². The summed E-state index contributed by atoms with van der Waals surface area (Å²) < 4.78 is 0. The fraction of sp³-hybridized carbons (Fsp3) is 0.500. The number of pyridine rings is 1. The number of rotatable bonds is 5. The van der Waals surface area contributed by atoms with E-state index in [2.05, 4.69) is 34.1 Å². The molecule has 0 radical (unpaired) electrons. The Labute approximate surface area is 155 Å². The SMILES string of the molecule is Cc1nc(Nc2ccccn2)cc([C@H]2CCCCN2C(=O)CC(C)C)n1. The predicted molar refractivity (Wildman–Crippen MR) is 102 cm³/mol. The van der Waals surface area contributed by atoms with Crippen molar-refractivity contribution in [3.8, 4) is 0 Å². The first-order valence-corrected chi connectivity index (χ1v) is 9.36. The van der Waals surface area contributed by atoms with E-state index in [4.69, 9.17) is 0 Å². The monoisotopic (exact) mass is 353 g/mol. The zero-order valence-corrected chi connectivity index (χ0v) is 15.8. The normalized spacial score (nSPS) is 17.4. The van der Waals surface area contributed by atoms with Crippen molar-refractivity contribution in [3.05, 3.63) is 42.0 Å². The van der Waals surface area contributed by atoms with Gasteiger partial charge in [-0.2, -0.15) is 0 Å². The van der Waals surface area contributed by atoms with Gasteiger partial charge in [0.2, 0.25) is 5.91 Å². The second-order valence-corrected chi connectivity index (χ2v) is 7.26. The van der Waals surface area contributed by atoms with Gasteiger partial charge in [-0.25, -0.2) is 15.0 Å². The molecule has 0 unspecified atom stereocenters. The van der Waals surface area contributed by atoms with Crippen LogP contribution in [-0.2, 0) is 4.79 Å². The quantitative estimate of drug-likeness (QED) is 0.879. The number of anilines is 2. The maximum Gasteiger partial charge on any atom is 0.223 e. The molecule has 0 aliphatic carbocycles. The average molecular weight is 353 g/mol. The highest BCUT2D eigenvalue weighted by Crippen LogP contribution is 2.32. The fourth-order valence-electron chi connectivity index (χ4n) is 3.40. The van der Waals surface area contributed by atoms with E-state index < -0.39 is 0 Å². The number of nitrogens with one attached hydrogen (secondary N) is 1. The molecule has 3 heterocycles. The molecule has 0 aromatic carbocycles. The van der Waals surface area contributed by atoms with E-state index in [0.29, 0.717) is 24.0 Å². The lowest BCUT2D eigenvalue weighted by Gasteiger charge is -2.36. The van der Waals surface area contributed by atoms with Crippen LogP contribution in [0.3, 0.4) is 0 Å². The molecule has 0 bridgehead atoms. The second kappa shape index (κ2) is 8.25. The molecule has 0 spiro atoms. The third kappa shape index (κ3) is 4.56. The maximum absolute atomic E-state index is 12.7. The standard InChI is InChI=1S/C20H27N5O/c1-14(2)12-20(26)25-11-7-5-8-17(25)16-13-19(23-15(3)22-16)24-18-9-4-6-10-21-18/h4,6,9-10,13-14,17H,5,7-8,11-12H2,1-3H3,(H,21,22,23,24)/t17-/m1/s1. The minimum atomic E-state index is 0.0287. The zero-order valence-electron chi connectivity index (χ0n) is 15.8. The number of carbonyl (C=O) groups excluding carboxylic acids is 1. The van der Waals surface area contributed by atoms with Crippen LogP contribution in [0, 0.1) is 12.8 Å². The summed E-state index contributed by atoms with van der Waals surface area (Å²) in [5.74, 6) is 2.74. The van der Waals surface area contributed by atoms with Crippen molar-refractivity contribution < 1.29 is 4.79 Å². The maximum atomic E-state index is 12.7. The van der Waals surface area contributed by atoms with E-state index in [-0.39, 0.29) is 11.9 Å². The van der Waals surface area contributed by atoms with E-state index in [1.54, 1.807) is 6.20 Å². The van der Waals surface area contributed by atoms with Gasteiger partial charge in [0.25, 0.3) is 0 Å². The van der Waals surface area contributed by atoms with E-state index in [1.165, 1.54) is 0 Å². The summed E-state index contributed by atoms with van der Waals surface area (Å²) in [5.41, 5.74) is 0.910. The first-order chi connectivity index (χ1) is 12.5. The Balaban J connectivity index is 1.85. The molecule has 6 nitrogen and oxygen atoms in total. The molecule has 1 saturated heterocycles. The van der Waals surface area contributed by atoms with Crippen molar-refractivity contribution in [3.63, 3.8) is 0 Å². The zero-order chi connectivity index (χ0) is 18.5. The van der Waals surface area contributed by atoms with Crippen molar-refractivity contribution in [1.82, 2.24) is 19.9 Å². The molecule has 138 valence electrons. The van der Waals surface area contributed by atoms with Gasteiger partial charge in [-0.1, -0.05) is 19.9 Å². The van der Waals surface area contributed by atoms with Gasteiger partial charge in [0.05, 0.1) is 11.7 Å². The van der Waals surface area contributed by atoms with Crippen molar-refractivity contribution in [2.75, 3.05) is 11.9 Å². The molecular weight excluding hydrogens is 326 g/mol. The fourth-order valence-corrected chi connectivity index (χ4v) is 3.40. The van der Waals surface area contributed by atoms with Crippen LogP contribution in [0.2, 0.25) is 0 Å². The largest absolute Gasteiger partial charge is 0.334 e. The molecule has 1 N–H and O–H groups in total. The van der Waals surface area contributed by atoms with Gasteiger partial charge in [-0.3, -0.25) is 4.79 Å². The third-order valence-corrected chi connectivity index (χ3v) is 4.53. The number of likely N-dealkylation sites (tertiary alicyclic amines) is 1. The molecule has 0 saturated carbocycles. The van der Waals surface area contributed by atoms with Crippen LogP contribution in [0.5, 0.6) is 0 Å². The molecule has 1 aliphatic rings. The summed E-state index contributed by atoms with van der Waals surface area (Å²) in [4.78, 5) is 28.1. The number of hydrogen-bond acceptors (Lipinski definition) is 5. The topological polar surface area (TPSA) is 71.0 Å². The molecule has 26 heavy (non-hydrogen) atoms. The van der Waals surface area contributed by atoms with Gasteiger partial charge >= 0.3 is 0 Å². The predicted octanol–water partition coefficient (Wildman–Crippen LogP) is 4.02. The average Bonchev–Trinajstić information content (AvgIpc) is 2.61. The number of carbonyl (C=O) groups is 1. The minimum absolute atomic E-state index is 0.0287. The highest BCUT2D eigenvalue weighted by molar-refractivity contribution is 5.77. The molecular formula is C20H27N5O. The van der Waals surface area contributed by atoms with Crippen LogP contribution in [0.25, 0.3) is 0 Å². The van der Waals surface area contributed by atoms with Gasteiger partial charge < -0.3 is 10.2 Å². The van der Waals surface area contributed by atoms with Crippen LogP contribution in [0.15, 0.2) is 30.5 Å². The second-order valence-electron chi connectivity index (χ2n) is 7.26. The molecule has 1 fully saturated rings. The molecule has 2 aromatic rings. The van der Waals surface area contributed by atoms with Crippen LogP contribution in [-0.4, -0.2) is 32.3 Å². The van der Waals surface area contributed by atoms with E-state index in [9.17, 15) is 4.79 Å². The number of aromatic nitrogens is 3. The summed E-state index contributed by atoms with van der Waals surface area (Å²) in [7, 11) is 0. The lowest BCUT2D eigenvalue weighted by atomic mass is 9.97. The smallest absolute Gasteiger partial charge is 0.223 e. The summed E-state index contributed by atoms with van der Waals surface area (Å²) in [6.07, 6.45) is 5.44. The molecule has 3 rings (SSSR count). The highest BCUT2D eigenvalue weighted by Gasteiger charge is 2.29. The Bertz CT molecular complexity index is 747. The van der Waals surface area contributed by atoms with Crippen LogP contribution < -0.4 is 5.32 Å². The number of amides is 1. The van der Waals surface area contributed by atoms with Crippen molar-refractivity contribution in [2.45, 2.75) is 52.5 Å². The highest BCUT2D eigenvalue weighted by atomic mass is 16.2. The lowest BCUT2D eigenvalue weighted by molar-refractivity contribution is -0.136. The Hall–Kier alpha value is -2.50. The van der Waals surface area contributed by atoms with Gasteiger partial charge in [0, 0.05) is 25.2 Å². The third-order valence-electron chi connectivity index (χ3n) is 4.53. The van der Waals surface area contributed by atoms with E-state index in [1.807, 2.05) is 36.1 Å². The number of aryl methyl sites for hydroxylation is 1. The molecule has 6 heteroatoms. The van der Waals surface area contributed by atoms with Crippen LogP contribution in [0.4, 0.5) is 11.6 Å². The Morgan fingerprint density at radius 3 is 2.85 bits per heavy atom. The number of piperidine rings is 1. The summed E-state index contributed by atoms with van der Waals surface area (Å²) in [5, 5.41) is 3.23. The van der Waals surface area contributed by atoms with Gasteiger partial charge in [-0.05, 0) is 44.2 Å². The number of nitrogens with zero attached hydrogens (tertiary/aromatic N) is 4. The summed E-state index contributed by atoms with van der Waals surface area (Å²) in [6.45, 7) is 6.86. The Morgan fingerprint density at radius 1 is 1.27 bits per heavy atom. The molecule has 1 aliphatic heterocycles. The summed E-state index contributed by atoms with van der Waals surface area (Å²) >= 11 is 0. The molecule has 2 aromatic heterocycles. The summed E-state index contributed by atoms with van der Waals surface area (Å²) in [6, 6.07) is 7.68. The first-order valence-electron chi connectivity index (χ1n) is 9.36. The molecule has 1 atom stereocenters. The first kappa shape index (κ1) is 18.3. The Morgan fingerprint density at radius 2 is 2.12 bits per heavy atom. The van der Waals surface area contributed by atoms with Crippen molar-refractivity contribution in [1.29, 1.82) is 0 Å².